The summed E-state index contributed by atoms with van der Waals surface area (Å²) in [5.74, 6) is 1.70. The van der Waals surface area contributed by atoms with Gasteiger partial charge in [-0.25, -0.2) is 14.8 Å². The van der Waals surface area contributed by atoms with E-state index in [4.69, 9.17) is 24.2 Å². The van der Waals surface area contributed by atoms with Crippen LogP contribution in [0.5, 0.6) is 0 Å². The highest BCUT2D eigenvalue weighted by Crippen LogP contribution is 2.45. The standard InChI is InChI=1S/C24H29N5O4/c1-14-11-31-9-8-29(14)23-21-19(10-18-6-7-20(21)33-18)27-22(28-23)15-2-4-16(5-3-15)25-24(30)26-17-12-32-13-17/h2-5,14,17-18,20H,6-13H2,1H3,(H2,25,26,30). The molecule has 5 heterocycles. The van der Waals surface area contributed by atoms with Crippen molar-refractivity contribution in [2.75, 3.05) is 43.2 Å². The van der Waals surface area contributed by atoms with Gasteiger partial charge >= 0.3 is 6.03 Å². The molecule has 3 saturated heterocycles. The Morgan fingerprint density at radius 2 is 1.94 bits per heavy atom. The molecule has 174 valence electrons. The van der Waals surface area contributed by atoms with Crippen molar-refractivity contribution in [1.82, 2.24) is 15.3 Å². The van der Waals surface area contributed by atoms with Crippen molar-refractivity contribution in [2.45, 2.75) is 50.5 Å². The van der Waals surface area contributed by atoms with E-state index in [1.54, 1.807) is 0 Å². The van der Waals surface area contributed by atoms with Crippen LogP contribution in [0.15, 0.2) is 24.3 Å². The van der Waals surface area contributed by atoms with E-state index in [2.05, 4.69) is 22.5 Å². The fourth-order valence-corrected chi connectivity index (χ4v) is 5.04. The second-order valence-corrected chi connectivity index (χ2v) is 9.29. The van der Waals surface area contributed by atoms with Crippen molar-refractivity contribution in [3.05, 3.63) is 35.5 Å². The monoisotopic (exact) mass is 451 g/mol. The molecule has 3 atom stereocenters. The van der Waals surface area contributed by atoms with Crippen molar-refractivity contribution < 1.29 is 19.0 Å². The number of nitrogens with zero attached hydrogens (tertiary/aromatic N) is 3. The Bertz CT molecular complexity index is 1040. The molecule has 9 heteroatoms. The molecule has 2 bridgehead atoms. The number of aromatic nitrogens is 2. The van der Waals surface area contributed by atoms with Crippen molar-refractivity contribution >= 4 is 17.5 Å². The molecule has 4 aliphatic heterocycles. The molecule has 2 N–H and O–H groups in total. The van der Waals surface area contributed by atoms with E-state index in [1.807, 2.05) is 24.3 Å². The molecule has 6 rings (SSSR count). The van der Waals surface area contributed by atoms with E-state index in [1.165, 1.54) is 0 Å². The summed E-state index contributed by atoms with van der Waals surface area (Å²) < 4.78 is 17.0. The summed E-state index contributed by atoms with van der Waals surface area (Å²) in [5, 5.41) is 5.75. The van der Waals surface area contributed by atoms with Crippen LogP contribution in [0.1, 0.15) is 37.1 Å². The zero-order valence-electron chi connectivity index (χ0n) is 18.8. The number of nitrogens with one attached hydrogen (secondary N) is 2. The Morgan fingerprint density at radius 3 is 2.70 bits per heavy atom. The number of carbonyl (C=O) groups is 1. The maximum Gasteiger partial charge on any atom is 0.319 e. The average molecular weight is 452 g/mol. The summed E-state index contributed by atoms with van der Waals surface area (Å²) >= 11 is 0. The molecule has 9 nitrogen and oxygen atoms in total. The Kier molecular flexibility index (Phi) is 5.40. The van der Waals surface area contributed by atoms with Gasteiger partial charge in [-0.3, -0.25) is 0 Å². The minimum Gasteiger partial charge on any atom is -0.377 e. The number of amides is 2. The predicted octanol–water partition coefficient (Wildman–Crippen LogP) is 2.67. The normalized spacial score (nSPS) is 26.5. The Morgan fingerprint density at radius 1 is 1.09 bits per heavy atom. The lowest BCUT2D eigenvalue weighted by Crippen LogP contribution is -2.49. The zero-order chi connectivity index (χ0) is 22.4. The predicted molar refractivity (Wildman–Crippen MR) is 122 cm³/mol. The number of hydrogen-bond donors (Lipinski definition) is 2. The van der Waals surface area contributed by atoms with E-state index in [0.29, 0.717) is 32.3 Å². The molecule has 33 heavy (non-hydrogen) atoms. The van der Waals surface area contributed by atoms with E-state index < -0.39 is 0 Å². The summed E-state index contributed by atoms with van der Waals surface area (Å²) in [6, 6.07) is 7.82. The summed E-state index contributed by atoms with van der Waals surface area (Å²) in [6.07, 6.45) is 3.28. The van der Waals surface area contributed by atoms with Gasteiger partial charge in [0.25, 0.3) is 0 Å². The van der Waals surface area contributed by atoms with Crippen LogP contribution >= 0.6 is 0 Å². The van der Waals surface area contributed by atoms with Gasteiger partial charge in [-0.15, -0.1) is 0 Å². The van der Waals surface area contributed by atoms with Gasteiger partial charge in [0.15, 0.2) is 5.82 Å². The van der Waals surface area contributed by atoms with Gasteiger partial charge in [-0.1, -0.05) is 0 Å². The van der Waals surface area contributed by atoms with Crippen molar-refractivity contribution in [3.63, 3.8) is 0 Å². The number of hydrogen-bond acceptors (Lipinski definition) is 7. The summed E-state index contributed by atoms with van der Waals surface area (Å²) in [5.41, 5.74) is 3.92. The molecule has 3 fully saturated rings. The highest BCUT2D eigenvalue weighted by molar-refractivity contribution is 5.89. The van der Waals surface area contributed by atoms with Crippen LogP contribution in [-0.4, -0.2) is 67.2 Å². The minimum atomic E-state index is -0.222. The molecule has 0 spiro atoms. The maximum absolute atomic E-state index is 12.1. The SMILES string of the molecule is CC1COCCN1c1nc(-c2ccc(NC(=O)NC3COC3)cc2)nc2c1C1CCC(C2)O1. The number of ether oxygens (including phenoxy) is 3. The fourth-order valence-electron chi connectivity index (χ4n) is 5.04. The number of benzene rings is 1. The fraction of sp³-hybridized carbons (Fsp3) is 0.542. The number of carbonyl (C=O) groups excluding carboxylic acids is 1. The lowest BCUT2D eigenvalue weighted by molar-refractivity contribution is 0.000735. The first-order valence-corrected chi connectivity index (χ1v) is 11.8. The Hall–Kier alpha value is -2.75. The molecule has 4 aliphatic rings. The highest BCUT2D eigenvalue weighted by atomic mass is 16.5. The second kappa shape index (κ2) is 8.55. The van der Waals surface area contributed by atoms with Crippen LogP contribution < -0.4 is 15.5 Å². The van der Waals surface area contributed by atoms with E-state index in [0.717, 1.165) is 54.1 Å². The Balaban J connectivity index is 1.29. The number of fused-ring (bicyclic) bond motifs is 4. The topological polar surface area (TPSA) is 97.8 Å². The van der Waals surface area contributed by atoms with Gasteiger partial charge in [0, 0.05) is 29.8 Å². The van der Waals surface area contributed by atoms with E-state index in [9.17, 15) is 4.79 Å². The van der Waals surface area contributed by atoms with Crippen LogP contribution in [0, 0.1) is 0 Å². The van der Waals surface area contributed by atoms with Crippen molar-refractivity contribution in [1.29, 1.82) is 0 Å². The van der Waals surface area contributed by atoms with Gasteiger partial charge in [0.1, 0.15) is 5.82 Å². The molecule has 2 aromatic rings. The van der Waals surface area contributed by atoms with Gasteiger partial charge < -0.3 is 29.7 Å². The molecule has 0 saturated carbocycles. The van der Waals surface area contributed by atoms with Gasteiger partial charge in [-0.2, -0.15) is 0 Å². The first-order valence-electron chi connectivity index (χ1n) is 11.8. The zero-order valence-corrected chi connectivity index (χ0v) is 18.8. The minimum absolute atomic E-state index is 0.0870. The van der Waals surface area contributed by atoms with Crippen LogP contribution in [-0.2, 0) is 20.6 Å². The molecular formula is C24H29N5O4. The number of rotatable bonds is 4. The second-order valence-electron chi connectivity index (χ2n) is 9.29. The summed E-state index contributed by atoms with van der Waals surface area (Å²) in [4.78, 5) is 24.5. The molecule has 1 aromatic carbocycles. The third kappa shape index (κ3) is 4.05. The highest BCUT2D eigenvalue weighted by Gasteiger charge is 2.39. The summed E-state index contributed by atoms with van der Waals surface area (Å²) in [6.45, 7) is 5.51. The molecule has 3 unspecified atom stereocenters. The summed E-state index contributed by atoms with van der Waals surface area (Å²) in [7, 11) is 0. The lowest BCUT2D eigenvalue weighted by atomic mass is 10.0. The first kappa shape index (κ1) is 20.8. The third-order valence-corrected chi connectivity index (χ3v) is 6.87. The smallest absolute Gasteiger partial charge is 0.319 e. The Labute approximate surface area is 192 Å². The van der Waals surface area contributed by atoms with Crippen molar-refractivity contribution in [2.24, 2.45) is 0 Å². The third-order valence-electron chi connectivity index (χ3n) is 6.87. The maximum atomic E-state index is 12.1. The molecular weight excluding hydrogens is 422 g/mol. The molecule has 2 amide bonds. The van der Waals surface area contributed by atoms with Crippen LogP contribution in [0.25, 0.3) is 11.4 Å². The van der Waals surface area contributed by atoms with Crippen LogP contribution in [0.4, 0.5) is 16.3 Å². The lowest BCUT2D eigenvalue weighted by Gasteiger charge is -2.37. The number of morpholine rings is 1. The van der Waals surface area contributed by atoms with E-state index in [-0.39, 0.29) is 30.3 Å². The van der Waals surface area contributed by atoms with Crippen molar-refractivity contribution in [3.8, 4) is 11.4 Å². The van der Waals surface area contributed by atoms with Gasteiger partial charge in [0.2, 0.25) is 0 Å². The van der Waals surface area contributed by atoms with Gasteiger partial charge in [-0.05, 0) is 44.0 Å². The largest absolute Gasteiger partial charge is 0.377 e. The first-order chi connectivity index (χ1) is 16.1. The van der Waals surface area contributed by atoms with Gasteiger partial charge in [0.05, 0.1) is 56.4 Å². The average Bonchev–Trinajstić information content (AvgIpc) is 3.17. The van der Waals surface area contributed by atoms with Crippen LogP contribution in [0.3, 0.4) is 0 Å². The molecule has 1 aromatic heterocycles. The quantitative estimate of drug-likeness (QED) is 0.738. The van der Waals surface area contributed by atoms with Crippen LogP contribution in [0.2, 0.25) is 0 Å². The molecule has 0 aliphatic carbocycles. The molecule has 0 radical (unpaired) electrons. The number of urea groups is 1. The number of anilines is 2. The van der Waals surface area contributed by atoms with E-state index >= 15 is 0 Å².